The molecular weight excluding hydrogens is 604 g/mol. The molecule has 0 saturated carbocycles. The molecule has 0 radical (unpaired) electrons. The third-order valence-electron chi connectivity index (χ3n) is 8.07. The van der Waals surface area contributed by atoms with Crippen molar-refractivity contribution >= 4 is 44.1 Å². The number of ether oxygens (including phenoxy) is 4. The highest BCUT2D eigenvalue weighted by Gasteiger charge is 2.48. The van der Waals surface area contributed by atoms with E-state index < -0.39 is 17.7 Å². The Morgan fingerprint density at radius 3 is 2.59 bits per heavy atom. The first-order valence-corrected chi connectivity index (χ1v) is 16.7. The molecule has 46 heavy (non-hydrogen) atoms. The molecule has 2 aliphatic heterocycles. The zero-order valence-corrected chi connectivity index (χ0v) is 27.3. The van der Waals surface area contributed by atoms with E-state index >= 15 is 0 Å². The van der Waals surface area contributed by atoms with E-state index in [4.69, 9.17) is 23.9 Å². The molecule has 2 aliphatic rings. The summed E-state index contributed by atoms with van der Waals surface area (Å²) in [6, 6.07) is 15.3. The maximum atomic E-state index is 13.9. The Morgan fingerprint density at radius 2 is 1.80 bits per heavy atom. The quantitative estimate of drug-likeness (QED) is 0.0728. The molecule has 9 nitrogen and oxygen atoms in total. The van der Waals surface area contributed by atoms with Gasteiger partial charge < -0.3 is 24.1 Å². The summed E-state index contributed by atoms with van der Waals surface area (Å²) in [4.78, 5) is 33.9. The van der Waals surface area contributed by atoms with Crippen LogP contribution in [0.4, 0.5) is 5.13 Å². The van der Waals surface area contributed by atoms with Crippen LogP contribution in [-0.2, 0) is 16.0 Å². The number of aromatic nitrogens is 1. The number of hydrogen-bond acceptors (Lipinski definition) is 9. The highest BCUT2D eigenvalue weighted by atomic mass is 32.1. The molecule has 2 atom stereocenters. The lowest BCUT2D eigenvalue weighted by atomic mass is 9.94. The maximum absolute atomic E-state index is 13.9. The first kappa shape index (κ1) is 31.4. The van der Waals surface area contributed by atoms with Crippen molar-refractivity contribution < 1.29 is 33.6 Å². The fraction of sp³-hybridized carbons (Fsp3) is 0.361. The summed E-state index contributed by atoms with van der Waals surface area (Å²) in [5, 5.41) is 12.1. The minimum atomic E-state index is -0.969. The Hall–Kier alpha value is -4.57. The first-order chi connectivity index (χ1) is 22.3. The zero-order chi connectivity index (χ0) is 32.4. The van der Waals surface area contributed by atoms with Crippen molar-refractivity contribution in [2.24, 2.45) is 0 Å². The molecule has 3 heterocycles. The third-order valence-corrected chi connectivity index (χ3v) is 9.09. The maximum Gasteiger partial charge on any atom is 0.301 e. The number of thiazole rings is 1. The summed E-state index contributed by atoms with van der Waals surface area (Å²) in [5.74, 6) is 0.691. The van der Waals surface area contributed by atoms with Gasteiger partial charge in [-0.25, -0.2) is 4.98 Å². The molecule has 1 aromatic heterocycles. The van der Waals surface area contributed by atoms with Gasteiger partial charge in [-0.3, -0.25) is 14.5 Å². The van der Waals surface area contributed by atoms with Crippen LogP contribution in [0.15, 0.2) is 60.2 Å². The topological polar surface area (TPSA) is 107 Å². The van der Waals surface area contributed by atoms with Crippen molar-refractivity contribution in [1.82, 2.24) is 4.98 Å². The van der Waals surface area contributed by atoms with Crippen LogP contribution in [0.25, 0.3) is 16.0 Å². The number of unbranched alkanes of at least 4 members (excludes halogenated alkanes) is 2. The van der Waals surface area contributed by atoms with Crippen molar-refractivity contribution in [3.05, 3.63) is 76.9 Å². The number of amides is 1. The highest BCUT2D eigenvalue weighted by molar-refractivity contribution is 7.22. The number of aliphatic hydroxyl groups excluding tert-OH is 1. The van der Waals surface area contributed by atoms with Gasteiger partial charge in [0.1, 0.15) is 23.4 Å². The molecule has 0 bridgehead atoms. The predicted molar refractivity (Wildman–Crippen MR) is 178 cm³/mol. The molecule has 10 heteroatoms. The average Bonchev–Trinajstić information content (AvgIpc) is 3.71. The Kier molecular flexibility index (Phi) is 9.17. The number of hydrogen-bond donors (Lipinski definition) is 1. The Bertz CT molecular complexity index is 1810. The van der Waals surface area contributed by atoms with E-state index in [1.165, 1.54) is 16.2 Å². The molecule has 3 aromatic carbocycles. The molecule has 6 rings (SSSR count). The number of benzene rings is 3. The SMILES string of the molecule is CCCCCOc1ccc([C@H]2C(=C(O)c3ccc4c(c3)C[C@H](C)O4)C(=O)C(=O)N2c2nc3ccc(OCC)cc3s2)cc1OCC. The Labute approximate surface area is 272 Å². The molecular formula is C36H38N2O7S. The van der Waals surface area contributed by atoms with Crippen LogP contribution in [0.2, 0.25) is 0 Å². The number of fused-ring (bicyclic) bond motifs is 2. The molecule has 0 unspecified atom stereocenters. The highest BCUT2D eigenvalue weighted by Crippen LogP contribution is 2.46. The zero-order valence-electron chi connectivity index (χ0n) is 26.5. The van der Waals surface area contributed by atoms with Crippen molar-refractivity contribution in [3.8, 4) is 23.0 Å². The normalized spacial score (nSPS) is 18.6. The first-order valence-electron chi connectivity index (χ1n) is 15.9. The second-order valence-corrected chi connectivity index (χ2v) is 12.4. The monoisotopic (exact) mass is 642 g/mol. The number of carbonyl (C=O) groups is 2. The van der Waals surface area contributed by atoms with E-state index in [-0.39, 0.29) is 17.4 Å². The van der Waals surface area contributed by atoms with Gasteiger partial charge in [0.05, 0.1) is 41.7 Å². The van der Waals surface area contributed by atoms with E-state index in [1.54, 1.807) is 24.3 Å². The lowest BCUT2D eigenvalue weighted by molar-refractivity contribution is -0.132. The summed E-state index contributed by atoms with van der Waals surface area (Å²) in [7, 11) is 0. The molecule has 1 saturated heterocycles. The Balaban J connectivity index is 1.48. The van der Waals surface area contributed by atoms with Gasteiger partial charge >= 0.3 is 5.91 Å². The average molecular weight is 643 g/mol. The van der Waals surface area contributed by atoms with E-state index in [2.05, 4.69) is 6.92 Å². The van der Waals surface area contributed by atoms with Crippen LogP contribution in [-0.4, -0.2) is 47.7 Å². The third kappa shape index (κ3) is 6.01. The lowest BCUT2D eigenvalue weighted by Crippen LogP contribution is -2.29. The molecule has 1 amide bonds. The summed E-state index contributed by atoms with van der Waals surface area (Å²) in [5.41, 5.74) is 2.60. The van der Waals surface area contributed by atoms with Crippen LogP contribution in [0.1, 0.15) is 69.7 Å². The lowest BCUT2D eigenvalue weighted by Gasteiger charge is -2.24. The molecule has 240 valence electrons. The summed E-state index contributed by atoms with van der Waals surface area (Å²) in [6.07, 6.45) is 3.74. The van der Waals surface area contributed by atoms with Gasteiger partial charge in [0, 0.05) is 12.0 Å². The van der Waals surface area contributed by atoms with Crippen LogP contribution >= 0.6 is 11.3 Å². The number of ketones is 1. The minimum absolute atomic E-state index is 0.0138. The summed E-state index contributed by atoms with van der Waals surface area (Å²) in [6.45, 7) is 9.36. The summed E-state index contributed by atoms with van der Waals surface area (Å²) >= 11 is 1.28. The smallest absolute Gasteiger partial charge is 0.301 e. The number of nitrogens with zero attached hydrogens (tertiary/aromatic N) is 2. The van der Waals surface area contributed by atoms with Gasteiger partial charge in [0.15, 0.2) is 16.6 Å². The van der Waals surface area contributed by atoms with Crippen LogP contribution < -0.4 is 23.8 Å². The van der Waals surface area contributed by atoms with Gasteiger partial charge in [0.25, 0.3) is 5.78 Å². The standard InChI is InChI=1S/C36H38N2O7S/c1-5-8-9-16-44-28-15-10-22(19-29(28)43-7-3)32-31(33(39)23-11-14-27-24(18-23)17-21(4)45-27)34(40)35(41)38(32)36-37-26-13-12-25(42-6-2)20-30(26)46-36/h10-15,18-21,32,39H,5-9,16-17H2,1-4H3/t21-,32-/m0/s1. The number of carbonyl (C=O) groups excluding carboxylic acids is 2. The predicted octanol–water partition coefficient (Wildman–Crippen LogP) is 7.61. The molecule has 0 aliphatic carbocycles. The number of Topliss-reactive ketones (excluding diaryl/α,β-unsaturated/α-hetero) is 1. The molecule has 1 fully saturated rings. The van der Waals surface area contributed by atoms with Crippen molar-refractivity contribution in [1.29, 1.82) is 0 Å². The number of anilines is 1. The molecule has 4 aromatic rings. The molecule has 0 spiro atoms. The van der Waals surface area contributed by atoms with Crippen molar-refractivity contribution in [2.45, 2.75) is 65.5 Å². The van der Waals surface area contributed by atoms with Gasteiger partial charge in [-0.1, -0.05) is 37.2 Å². The van der Waals surface area contributed by atoms with Crippen LogP contribution in [0.3, 0.4) is 0 Å². The van der Waals surface area contributed by atoms with Gasteiger partial charge in [-0.2, -0.15) is 0 Å². The minimum Gasteiger partial charge on any atom is -0.507 e. The van der Waals surface area contributed by atoms with Crippen LogP contribution in [0.5, 0.6) is 23.0 Å². The van der Waals surface area contributed by atoms with E-state index in [1.807, 2.05) is 51.1 Å². The fourth-order valence-electron chi connectivity index (χ4n) is 5.94. The number of rotatable bonds is 12. The van der Waals surface area contributed by atoms with E-state index in [0.29, 0.717) is 65.3 Å². The van der Waals surface area contributed by atoms with E-state index in [0.717, 1.165) is 35.3 Å². The van der Waals surface area contributed by atoms with Crippen molar-refractivity contribution in [2.75, 3.05) is 24.7 Å². The molecule has 1 N–H and O–H groups in total. The van der Waals surface area contributed by atoms with Crippen LogP contribution in [0, 0.1) is 0 Å². The fourth-order valence-corrected chi connectivity index (χ4v) is 6.96. The van der Waals surface area contributed by atoms with Gasteiger partial charge in [-0.15, -0.1) is 0 Å². The van der Waals surface area contributed by atoms with E-state index in [9.17, 15) is 14.7 Å². The summed E-state index contributed by atoms with van der Waals surface area (Å²) < 4.78 is 24.4. The largest absolute Gasteiger partial charge is 0.507 e. The van der Waals surface area contributed by atoms with Gasteiger partial charge in [0.2, 0.25) is 0 Å². The van der Waals surface area contributed by atoms with Crippen molar-refractivity contribution in [3.63, 3.8) is 0 Å². The Morgan fingerprint density at radius 1 is 0.978 bits per heavy atom. The second kappa shape index (κ2) is 13.4. The number of aliphatic hydroxyl groups is 1. The second-order valence-electron chi connectivity index (χ2n) is 11.4. The van der Waals surface area contributed by atoms with Gasteiger partial charge in [-0.05, 0) is 86.8 Å².